The van der Waals surface area contributed by atoms with Gasteiger partial charge in [0.1, 0.15) is 5.56 Å². The summed E-state index contributed by atoms with van der Waals surface area (Å²) in [5, 5.41) is 3.43. The lowest BCUT2D eigenvalue weighted by molar-refractivity contribution is 0.102. The molecule has 1 amide bonds. The Morgan fingerprint density at radius 3 is 2.47 bits per heavy atom. The molecule has 160 valence electrons. The summed E-state index contributed by atoms with van der Waals surface area (Å²) in [5.41, 5.74) is 4.28. The molecule has 32 heavy (non-hydrogen) atoms. The summed E-state index contributed by atoms with van der Waals surface area (Å²) in [7, 11) is 0. The minimum atomic E-state index is -0.456. The summed E-state index contributed by atoms with van der Waals surface area (Å²) in [6.07, 6.45) is 3.44. The first-order chi connectivity index (χ1) is 15.4. The van der Waals surface area contributed by atoms with Gasteiger partial charge in [-0.2, -0.15) is 0 Å². The molecule has 0 bridgehead atoms. The van der Waals surface area contributed by atoms with Gasteiger partial charge in [-0.05, 0) is 55.3 Å². The second kappa shape index (κ2) is 9.20. The van der Waals surface area contributed by atoms with Gasteiger partial charge < -0.3 is 9.88 Å². The van der Waals surface area contributed by atoms with Crippen LogP contribution in [0, 0.1) is 13.8 Å². The summed E-state index contributed by atoms with van der Waals surface area (Å²) in [6.45, 7) is 4.24. The third-order valence-corrected chi connectivity index (χ3v) is 5.56. The molecule has 0 saturated carbocycles. The van der Waals surface area contributed by atoms with Crippen molar-refractivity contribution in [1.82, 2.24) is 9.55 Å². The maximum absolute atomic E-state index is 13.4. The first-order valence-corrected chi connectivity index (χ1v) is 10.6. The Balaban J connectivity index is 1.92. The van der Waals surface area contributed by atoms with Gasteiger partial charge >= 0.3 is 0 Å². The lowest BCUT2D eigenvalue weighted by Gasteiger charge is -2.21. The first-order valence-electron chi connectivity index (χ1n) is 10.2. The number of hydrogen-bond donors (Lipinski definition) is 1. The number of anilines is 1. The topological polar surface area (TPSA) is 64.0 Å². The fraction of sp³-hybridized carbons (Fsp3) is 0.115. The maximum Gasteiger partial charge on any atom is 0.261 e. The molecule has 5 nitrogen and oxygen atoms in total. The number of rotatable bonds is 5. The van der Waals surface area contributed by atoms with Crippen LogP contribution in [0.25, 0.3) is 11.3 Å². The summed E-state index contributed by atoms with van der Waals surface area (Å²) < 4.78 is 1.97. The predicted molar refractivity (Wildman–Crippen MR) is 128 cm³/mol. The van der Waals surface area contributed by atoms with E-state index in [1.165, 1.54) is 6.07 Å². The van der Waals surface area contributed by atoms with Crippen molar-refractivity contribution in [3.05, 3.63) is 117 Å². The molecule has 2 heterocycles. The number of hydrogen-bond acceptors (Lipinski definition) is 3. The molecule has 6 heteroatoms. The van der Waals surface area contributed by atoms with Gasteiger partial charge in [-0.1, -0.05) is 41.9 Å². The molecule has 0 unspecified atom stereocenters. The lowest BCUT2D eigenvalue weighted by atomic mass is 10.0. The van der Waals surface area contributed by atoms with Gasteiger partial charge in [-0.15, -0.1) is 0 Å². The van der Waals surface area contributed by atoms with Gasteiger partial charge in [0, 0.05) is 47.0 Å². The molecular formula is C26H22ClN3O2. The third-order valence-electron chi connectivity index (χ3n) is 5.33. The van der Waals surface area contributed by atoms with Crippen molar-refractivity contribution in [3.63, 3.8) is 0 Å². The molecule has 0 aliphatic rings. The molecule has 0 aliphatic heterocycles. The first kappa shape index (κ1) is 21.5. The van der Waals surface area contributed by atoms with E-state index in [1.54, 1.807) is 24.5 Å². The predicted octanol–water partition coefficient (Wildman–Crippen LogP) is 5.48. The standard InChI is InChI=1S/C26H22ClN3O2/c1-17-6-3-4-9-22(17)29-26(32)24-23(31)14-18(2)30(16-19-10-12-28-13-11-19)25(24)20-7-5-8-21(27)15-20/h3-15H,16H2,1-2H3,(H,29,32). The van der Waals surface area contributed by atoms with E-state index in [-0.39, 0.29) is 11.0 Å². The number of aryl methyl sites for hydroxylation is 2. The third kappa shape index (κ3) is 4.48. The number of nitrogens with one attached hydrogen (secondary N) is 1. The van der Waals surface area contributed by atoms with Crippen LogP contribution in [0.4, 0.5) is 5.69 Å². The maximum atomic E-state index is 13.4. The van der Waals surface area contributed by atoms with Crippen molar-refractivity contribution in [1.29, 1.82) is 0 Å². The van der Waals surface area contributed by atoms with Crippen molar-refractivity contribution in [2.24, 2.45) is 0 Å². The number of para-hydroxylation sites is 1. The number of benzene rings is 2. The van der Waals surface area contributed by atoms with Crippen LogP contribution in [0.3, 0.4) is 0 Å². The van der Waals surface area contributed by atoms with Gasteiger partial charge in [0.15, 0.2) is 5.43 Å². The molecule has 0 saturated heterocycles. The molecule has 0 aliphatic carbocycles. The zero-order valence-electron chi connectivity index (χ0n) is 17.8. The van der Waals surface area contributed by atoms with Gasteiger partial charge in [-0.25, -0.2) is 0 Å². The van der Waals surface area contributed by atoms with Crippen molar-refractivity contribution in [3.8, 4) is 11.3 Å². The fourth-order valence-electron chi connectivity index (χ4n) is 3.70. The van der Waals surface area contributed by atoms with Crippen LogP contribution in [-0.4, -0.2) is 15.5 Å². The van der Waals surface area contributed by atoms with E-state index in [2.05, 4.69) is 10.3 Å². The van der Waals surface area contributed by atoms with Gasteiger partial charge in [0.25, 0.3) is 5.91 Å². The Morgan fingerprint density at radius 2 is 1.75 bits per heavy atom. The highest BCUT2D eigenvalue weighted by atomic mass is 35.5. The Bertz CT molecular complexity index is 1350. The minimum absolute atomic E-state index is 0.0789. The molecular weight excluding hydrogens is 422 g/mol. The average Bonchev–Trinajstić information content (AvgIpc) is 2.77. The molecule has 0 fully saturated rings. The smallest absolute Gasteiger partial charge is 0.261 e. The summed E-state index contributed by atoms with van der Waals surface area (Å²) >= 11 is 6.27. The van der Waals surface area contributed by atoms with Crippen LogP contribution in [0.15, 0.2) is 83.9 Å². The van der Waals surface area contributed by atoms with E-state index in [9.17, 15) is 9.59 Å². The summed E-state index contributed by atoms with van der Waals surface area (Å²) in [4.78, 5) is 30.6. The number of amides is 1. The van der Waals surface area contributed by atoms with Crippen molar-refractivity contribution >= 4 is 23.2 Å². The number of carbonyl (C=O) groups excluding carboxylic acids is 1. The van der Waals surface area contributed by atoms with Gasteiger partial charge in [0.05, 0.1) is 5.69 Å². The summed E-state index contributed by atoms with van der Waals surface area (Å²) in [6, 6.07) is 20.0. The van der Waals surface area contributed by atoms with E-state index in [0.717, 1.165) is 16.8 Å². The molecule has 0 radical (unpaired) electrons. The molecule has 1 N–H and O–H groups in total. The van der Waals surface area contributed by atoms with Crippen molar-refractivity contribution in [2.45, 2.75) is 20.4 Å². The number of pyridine rings is 2. The quantitative estimate of drug-likeness (QED) is 0.444. The van der Waals surface area contributed by atoms with Crippen LogP contribution < -0.4 is 10.7 Å². The molecule has 2 aromatic heterocycles. The van der Waals surface area contributed by atoms with Crippen LogP contribution in [0.5, 0.6) is 0 Å². The Hall–Kier alpha value is -3.70. The molecule has 2 aromatic carbocycles. The zero-order valence-corrected chi connectivity index (χ0v) is 18.6. The Labute approximate surface area is 191 Å². The highest BCUT2D eigenvalue weighted by Gasteiger charge is 2.22. The van der Waals surface area contributed by atoms with Crippen LogP contribution in [0.2, 0.25) is 5.02 Å². The largest absolute Gasteiger partial charge is 0.340 e. The summed E-state index contributed by atoms with van der Waals surface area (Å²) in [5.74, 6) is -0.456. The molecule has 0 atom stereocenters. The van der Waals surface area contributed by atoms with E-state index in [0.29, 0.717) is 28.5 Å². The number of aromatic nitrogens is 2. The molecule has 0 spiro atoms. The van der Waals surface area contributed by atoms with E-state index >= 15 is 0 Å². The second-order valence-corrected chi connectivity index (χ2v) is 8.03. The number of halogens is 1. The van der Waals surface area contributed by atoms with Crippen molar-refractivity contribution < 1.29 is 4.79 Å². The number of carbonyl (C=O) groups is 1. The fourth-order valence-corrected chi connectivity index (χ4v) is 3.89. The number of nitrogens with zero attached hydrogens (tertiary/aromatic N) is 2. The normalized spacial score (nSPS) is 10.7. The van der Waals surface area contributed by atoms with E-state index < -0.39 is 5.91 Å². The van der Waals surface area contributed by atoms with Gasteiger partial charge in [0.2, 0.25) is 0 Å². The van der Waals surface area contributed by atoms with E-state index in [1.807, 2.05) is 66.9 Å². The van der Waals surface area contributed by atoms with Crippen molar-refractivity contribution in [2.75, 3.05) is 5.32 Å². The van der Waals surface area contributed by atoms with Crippen LogP contribution in [-0.2, 0) is 6.54 Å². The van der Waals surface area contributed by atoms with Crippen LogP contribution in [0.1, 0.15) is 27.2 Å². The van der Waals surface area contributed by atoms with Crippen LogP contribution >= 0.6 is 11.6 Å². The second-order valence-electron chi connectivity index (χ2n) is 7.59. The Kier molecular flexibility index (Phi) is 6.19. The highest BCUT2D eigenvalue weighted by molar-refractivity contribution is 6.30. The zero-order chi connectivity index (χ0) is 22.7. The van der Waals surface area contributed by atoms with Gasteiger partial charge in [-0.3, -0.25) is 14.6 Å². The molecule has 4 aromatic rings. The lowest BCUT2D eigenvalue weighted by Crippen LogP contribution is -2.27. The van der Waals surface area contributed by atoms with E-state index in [4.69, 9.17) is 11.6 Å². The monoisotopic (exact) mass is 443 g/mol. The minimum Gasteiger partial charge on any atom is -0.340 e. The highest BCUT2D eigenvalue weighted by Crippen LogP contribution is 2.28. The average molecular weight is 444 g/mol. The molecule has 4 rings (SSSR count). The SMILES string of the molecule is Cc1ccccc1NC(=O)c1c(-c2cccc(Cl)c2)n(Cc2ccncc2)c(C)cc1=O. The Morgan fingerprint density at radius 1 is 1.00 bits per heavy atom.